The van der Waals surface area contributed by atoms with E-state index in [9.17, 15) is 13.2 Å². The zero-order chi connectivity index (χ0) is 20.3. The highest BCUT2D eigenvalue weighted by Crippen LogP contribution is 2.31. The number of thioether (sulfide) groups is 1. The molecule has 1 aromatic rings. The molecular weight excluding hydrogens is 368 g/mol. The standard InChI is InChI=1S/C19H32N2O3S2/c1-13(2)17(22)20-15-11-14(9-10-16(15)25-8)26(23,24)21-19(6,7)12-18(3,4)5/h9-11,13,21H,12H2,1-8H3,(H,20,22). The first-order valence-corrected chi connectivity index (χ1v) is 11.4. The summed E-state index contributed by atoms with van der Waals surface area (Å²) >= 11 is 1.46. The normalized spacial score (nSPS) is 13.1. The smallest absolute Gasteiger partial charge is 0.241 e. The summed E-state index contributed by atoms with van der Waals surface area (Å²) in [5.41, 5.74) is -0.0745. The molecule has 148 valence electrons. The SMILES string of the molecule is CSc1ccc(S(=O)(=O)NC(C)(C)CC(C)(C)C)cc1NC(=O)C(C)C. The Bertz CT molecular complexity index is 749. The number of rotatable bonds is 7. The molecule has 0 aromatic heterocycles. The van der Waals surface area contributed by atoms with Crippen molar-refractivity contribution in [2.45, 2.75) is 70.2 Å². The van der Waals surface area contributed by atoms with E-state index < -0.39 is 15.6 Å². The van der Waals surface area contributed by atoms with E-state index in [0.29, 0.717) is 12.1 Å². The summed E-state index contributed by atoms with van der Waals surface area (Å²) in [5, 5.41) is 2.82. The third-order valence-corrected chi connectivity index (χ3v) is 6.14. The summed E-state index contributed by atoms with van der Waals surface area (Å²) in [6.07, 6.45) is 2.58. The van der Waals surface area contributed by atoms with Crippen LogP contribution in [-0.4, -0.2) is 26.1 Å². The van der Waals surface area contributed by atoms with Crippen LogP contribution in [0.15, 0.2) is 28.0 Å². The van der Waals surface area contributed by atoms with Crippen LogP contribution in [0.25, 0.3) is 0 Å². The van der Waals surface area contributed by atoms with Crippen LogP contribution in [0.4, 0.5) is 5.69 Å². The molecular formula is C19H32N2O3S2. The van der Waals surface area contributed by atoms with Crippen LogP contribution in [0, 0.1) is 11.3 Å². The van der Waals surface area contributed by atoms with Gasteiger partial charge < -0.3 is 5.32 Å². The van der Waals surface area contributed by atoms with Crippen molar-refractivity contribution in [3.63, 3.8) is 0 Å². The molecule has 0 bridgehead atoms. The molecule has 0 radical (unpaired) electrons. The number of anilines is 1. The van der Waals surface area contributed by atoms with E-state index in [1.54, 1.807) is 26.0 Å². The Morgan fingerprint density at radius 3 is 2.19 bits per heavy atom. The monoisotopic (exact) mass is 400 g/mol. The molecule has 0 saturated heterocycles. The number of benzene rings is 1. The summed E-state index contributed by atoms with van der Waals surface area (Å²) in [4.78, 5) is 13.0. The predicted octanol–water partition coefficient (Wildman–Crippen LogP) is 4.50. The molecule has 5 nitrogen and oxygen atoms in total. The molecule has 0 fully saturated rings. The van der Waals surface area contributed by atoms with E-state index in [1.807, 2.05) is 20.1 Å². The number of sulfonamides is 1. The number of hydrogen-bond donors (Lipinski definition) is 2. The lowest BCUT2D eigenvalue weighted by Crippen LogP contribution is -2.45. The van der Waals surface area contributed by atoms with Crippen molar-refractivity contribution in [2.75, 3.05) is 11.6 Å². The fraction of sp³-hybridized carbons (Fsp3) is 0.632. The maximum atomic E-state index is 12.9. The minimum atomic E-state index is -3.70. The fourth-order valence-electron chi connectivity index (χ4n) is 3.01. The van der Waals surface area contributed by atoms with Gasteiger partial charge in [0.05, 0.1) is 10.6 Å². The van der Waals surface area contributed by atoms with Gasteiger partial charge in [0.25, 0.3) is 0 Å². The maximum absolute atomic E-state index is 12.9. The van der Waals surface area contributed by atoms with Crippen molar-refractivity contribution in [3.05, 3.63) is 18.2 Å². The van der Waals surface area contributed by atoms with Crippen molar-refractivity contribution in [1.29, 1.82) is 0 Å². The third kappa shape index (κ3) is 6.93. The molecule has 1 aromatic carbocycles. The number of nitrogens with one attached hydrogen (secondary N) is 2. The van der Waals surface area contributed by atoms with Gasteiger partial charge in [-0.05, 0) is 50.1 Å². The van der Waals surface area contributed by atoms with Crippen LogP contribution in [0.2, 0.25) is 0 Å². The fourth-order valence-corrected chi connectivity index (χ4v) is 4.99. The van der Waals surface area contributed by atoms with Gasteiger partial charge in [0.2, 0.25) is 15.9 Å². The minimum Gasteiger partial charge on any atom is -0.325 e. The van der Waals surface area contributed by atoms with E-state index in [1.165, 1.54) is 17.8 Å². The molecule has 0 aliphatic heterocycles. The maximum Gasteiger partial charge on any atom is 0.241 e. The second-order valence-corrected chi connectivity index (χ2v) is 11.3. The predicted molar refractivity (Wildman–Crippen MR) is 110 cm³/mol. The summed E-state index contributed by atoms with van der Waals surface area (Å²) < 4.78 is 28.5. The second-order valence-electron chi connectivity index (χ2n) is 8.73. The average Bonchev–Trinajstić information content (AvgIpc) is 2.43. The molecule has 2 N–H and O–H groups in total. The quantitative estimate of drug-likeness (QED) is 0.661. The molecule has 1 rings (SSSR count). The summed E-state index contributed by atoms with van der Waals surface area (Å²) in [7, 11) is -3.70. The zero-order valence-electron chi connectivity index (χ0n) is 17.1. The van der Waals surface area contributed by atoms with Crippen LogP contribution in [0.5, 0.6) is 0 Å². The van der Waals surface area contributed by atoms with E-state index in [0.717, 1.165) is 4.90 Å². The molecule has 0 aliphatic rings. The summed E-state index contributed by atoms with van der Waals surface area (Å²) in [6, 6.07) is 4.83. The average molecular weight is 401 g/mol. The lowest BCUT2D eigenvalue weighted by atomic mass is 9.82. The van der Waals surface area contributed by atoms with Crippen molar-refractivity contribution in [3.8, 4) is 0 Å². The minimum absolute atomic E-state index is 0.00880. The lowest BCUT2D eigenvalue weighted by Gasteiger charge is -2.33. The van der Waals surface area contributed by atoms with E-state index in [2.05, 4.69) is 30.8 Å². The Labute approximate surface area is 162 Å². The van der Waals surface area contributed by atoms with Crippen LogP contribution in [-0.2, 0) is 14.8 Å². The van der Waals surface area contributed by atoms with Crippen molar-refractivity contribution >= 4 is 33.4 Å². The van der Waals surface area contributed by atoms with Crippen molar-refractivity contribution in [1.82, 2.24) is 4.72 Å². The third-order valence-electron chi connectivity index (χ3n) is 3.65. The number of amides is 1. The van der Waals surface area contributed by atoms with Gasteiger partial charge in [0.15, 0.2) is 0 Å². The molecule has 0 heterocycles. The highest BCUT2D eigenvalue weighted by molar-refractivity contribution is 7.98. The molecule has 0 spiro atoms. The first kappa shape index (κ1) is 23.0. The largest absolute Gasteiger partial charge is 0.325 e. The molecule has 0 saturated carbocycles. The van der Waals surface area contributed by atoms with Crippen LogP contribution in [0.3, 0.4) is 0 Å². The molecule has 0 unspecified atom stereocenters. The Morgan fingerprint density at radius 1 is 1.15 bits per heavy atom. The van der Waals surface area contributed by atoms with Gasteiger partial charge in [-0.25, -0.2) is 13.1 Å². The van der Waals surface area contributed by atoms with Crippen LogP contribution < -0.4 is 10.0 Å². The Balaban J connectivity index is 3.19. The number of carbonyl (C=O) groups excluding carboxylic acids is 1. The molecule has 1 amide bonds. The lowest BCUT2D eigenvalue weighted by molar-refractivity contribution is -0.118. The highest BCUT2D eigenvalue weighted by atomic mass is 32.2. The molecule has 26 heavy (non-hydrogen) atoms. The van der Waals surface area contributed by atoms with Crippen molar-refractivity contribution < 1.29 is 13.2 Å². The number of hydrogen-bond acceptors (Lipinski definition) is 4. The topological polar surface area (TPSA) is 75.3 Å². The Hall–Kier alpha value is -1.05. The molecule has 7 heteroatoms. The molecule has 0 atom stereocenters. The van der Waals surface area contributed by atoms with E-state index >= 15 is 0 Å². The summed E-state index contributed by atoms with van der Waals surface area (Å²) in [6.45, 7) is 13.6. The summed E-state index contributed by atoms with van der Waals surface area (Å²) in [5.74, 6) is -0.329. The van der Waals surface area contributed by atoms with Gasteiger partial charge in [-0.1, -0.05) is 34.6 Å². The van der Waals surface area contributed by atoms with Gasteiger partial charge in [-0.3, -0.25) is 4.79 Å². The van der Waals surface area contributed by atoms with Gasteiger partial charge in [0.1, 0.15) is 0 Å². The second kappa shape index (κ2) is 8.31. The first-order valence-electron chi connectivity index (χ1n) is 8.70. The van der Waals surface area contributed by atoms with Gasteiger partial charge in [0, 0.05) is 16.4 Å². The van der Waals surface area contributed by atoms with E-state index in [4.69, 9.17) is 0 Å². The van der Waals surface area contributed by atoms with Gasteiger partial charge in [-0.2, -0.15) is 0 Å². The zero-order valence-corrected chi connectivity index (χ0v) is 18.7. The molecule has 0 aliphatic carbocycles. The highest BCUT2D eigenvalue weighted by Gasteiger charge is 2.31. The van der Waals surface area contributed by atoms with Crippen molar-refractivity contribution in [2.24, 2.45) is 11.3 Å². The van der Waals surface area contributed by atoms with Gasteiger partial charge in [-0.15, -0.1) is 11.8 Å². The first-order chi connectivity index (χ1) is 11.7. The number of carbonyl (C=O) groups is 1. The van der Waals surface area contributed by atoms with Crippen LogP contribution in [0.1, 0.15) is 54.9 Å². The Morgan fingerprint density at radius 2 is 1.73 bits per heavy atom. The van der Waals surface area contributed by atoms with E-state index in [-0.39, 0.29) is 22.1 Å². The van der Waals surface area contributed by atoms with Crippen LogP contribution >= 0.6 is 11.8 Å². The Kier molecular flexibility index (Phi) is 7.35. The van der Waals surface area contributed by atoms with Gasteiger partial charge >= 0.3 is 0 Å².